The lowest BCUT2D eigenvalue weighted by Crippen LogP contribution is -2.41. The Morgan fingerprint density at radius 1 is 1.05 bits per heavy atom. The Morgan fingerprint density at radius 3 is 2.56 bits per heavy atom. The molecular weight excluding hydrogens is 490 g/mol. The zero-order valence-electron chi connectivity index (χ0n) is 23.5. The second-order valence-electron chi connectivity index (χ2n) is 11.6. The maximum Gasteiger partial charge on any atom is 0.276 e. The molecule has 1 aliphatic heterocycles. The highest BCUT2D eigenvalue weighted by Gasteiger charge is 2.37. The molecule has 202 valence electrons. The van der Waals surface area contributed by atoms with Crippen LogP contribution in [0.1, 0.15) is 53.9 Å². The summed E-state index contributed by atoms with van der Waals surface area (Å²) in [7, 11) is 3.67. The minimum Gasteiger partial charge on any atom is -0.339 e. The number of pyridine rings is 2. The molecule has 39 heavy (non-hydrogen) atoms. The van der Waals surface area contributed by atoms with E-state index < -0.39 is 0 Å². The normalized spacial score (nSPS) is 15.9. The van der Waals surface area contributed by atoms with Gasteiger partial charge >= 0.3 is 0 Å². The molecule has 4 aromatic rings. The average Bonchev–Trinajstić information content (AvgIpc) is 3.50. The third kappa shape index (κ3) is 4.16. The molecule has 0 saturated carbocycles. The fraction of sp³-hybridized carbons (Fsp3) is 0.400. The molecular formula is C30H35N7O2. The summed E-state index contributed by atoms with van der Waals surface area (Å²) in [5.41, 5.74) is 6.74. The zero-order chi connectivity index (χ0) is 27.6. The molecule has 1 amide bonds. The molecule has 0 unspecified atom stereocenters. The second kappa shape index (κ2) is 8.97. The molecule has 0 atom stereocenters. The highest BCUT2D eigenvalue weighted by molar-refractivity contribution is 6.06. The van der Waals surface area contributed by atoms with Crippen molar-refractivity contribution in [2.24, 2.45) is 19.5 Å². The first kappa shape index (κ1) is 25.2. The maximum absolute atomic E-state index is 13.8. The summed E-state index contributed by atoms with van der Waals surface area (Å²) in [6, 6.07) is 5.92. The number of fused-ring (bicyclic) bond motifs is 3. The van der Waals surface area contributed by atoms with E-state index in [4.69, 9.17) is 4.98 Å². The molecule has 1 aliphatic carbocycles. The van der Waals surface area contributed by atoms with Crippen LogP contribution >= 0.6 is 0 Å². The lowest BCUT2D eigenvalue weighted by molar-refractivity contribution is 0.0963. The Labute approximate surface area is 228 Å². The van der Waals surface area contributed by atoms with Crippen LogP contribution in [0, 0.1) is 12.3 Å². The fourth-order valence-corrected chi connectivity index (χ4v) is 6.15. The van der Waals surface area contributed by atoms with Gasteiger partial charge in [0.05, 0.1) is 0 Å². The van der Waals surface area contributed by atoms with E-state index in [1.807, 2.05) is 48.0 Å². The predicted molar refractivity (Wildman–Crippen MR) is 153 cm³/mol. The van der Waals surface area contributed by atoms with Gasteiger partial charge in [-0.1, -0.05) is 20.8 Å². The van der Waals surface area contributed by atoms with Crippen LogP contribution in [0.5, 0.6) is 0 Å². The summed E-state index contributed by atoms with van der Waals surface area (Å²) < 4.78 is 5.71. The molecule has 0 fully saturated rings. The van der Waals surface area contributed by atoms with E-state index in [9.17, 15) is 9.59 Å². The van der Waals surface area contributed by atoms with Gasteiger partial charge in [0, 0.05) is 62.6 Å². The van der Waals surface area contributed by atoms with Crippen molar-refractivity contribution in [3.63, 3.8) is 0 Å². The molecule has 0 radical (unpaired) electrons. The summed E-state index contributed by atoms with van der Waals surface area (Å²) in [6.45, 7) is 9.92. The van der Waals surface area contributed by atoms with Gasteiger partial charge in [0.15, 0.2) is 0 Å². The van der Waals surface area contributed by atoms with Crippen molar-refractivity contribution in [3.8, 4) is 11.1 Å². The fourth-order valence-electron chi connectivity index (χ4n) is 6.15. The minimum atomic E-state index is -0.141. The van der Waals surface area contributed by atoms with Crippen molar-refractivity contribution in [2.75, 3.05) is 16.8 Å². The summed E-state index contributed by atoms with van der Waals surface area (Å²) in [4.78, 5) is 37.8. The average molecular weight is 526 g/mol. The van der Waals surface area contributed by atoms with Crippen LogP contribution in [0.3, 0.4) is 0 Å². The molecule has 0 bridgehead atoms. The highest BCUT2D eigenvalue weighted by atomic mass is 16.2. The first-order valence-corrected chi connectivity index (χ1v) is 13.6. The van der Waals surface area contributed by atoms with E-state index in [1.165, 1.54) is 11.3 Å². The molecule has 6 rings (SSSR count). The van der Waals surface area contributed by atoms with Crippen molar-refractivity contribution in [1.82, 2.24) is 23.7 Å². The number of carbonyl (C=O) groups is 1. The van der Waals surface area contributed by atoms with Gasteiger partial charge in [-0.05, 0) is 60.9 Å². The number of aromatic nitrogens is 5. The van der Waals surface area contributed by atoms with Crippen molar-refractivity contribution < 1.29 is 4.79 Å². The SMILES string of the molecule is CCc1c(-c2cc(Nc3cn(C)c(C)n3)c(=O)n(C)c2)ccnc1N1CCn2c(cc3c2CC(C)(C)C3)C1=O. The predicted octanol–water partition coefficient (Wildman–Crippen LogP) is 4.38. The largest absolute Gasteiger partial charge is 0.339 e. The van der Waals surface area contributed by atoms with Crippen LogP contribution in [-0.4, -0.2) is 36.1 Å². The standard InChI is InChI=1S/C30H35N7O2/c1-7-21-22(20-12-23(28(38)35(6)16-20)33-26-17-34(5)18(2)32-26)8-9-31-27(21)37-11-10-36-24(29(37)39)13-19-14-30(3,4)15-25(19)36/h8-9,12-13,16-17,33H,7,10-11,14-15H2,1-6H3. The van der Waals surface area contributed by atoms with Crippen molar-refractivity contribution >= 4 is 23.2 Å². The van der Waals surface area contributed by atoms with Crippen molar-refractivity contribution in [2.45, 2.75) is 53.5 Å². The molecule has 2 aliphatic rings. The Hall–Kier alpha value is -4.14. The van der Waals surface area contributed by atoms with Crippen LogP contribution in [0.15, 0.2) is 41.6 Å². The smallest absolute Gasteiger partial charge is 0.276 e. The number of amides is 1. The first-order chi connectivity index (χ1) is 18.6. The van der Waals surface area contributed by atoms with E-state index in [2.05, 4.69) is 41.7 Å². The number of rotatable bonds is 5. The number of aryl methyl sites for hydroxylation is 3. The molecule has 9 nitrogen and oxygen atoms in total. The molecule has 0 aromatic carbocycles. The second-order valence-corrected chi connectivity index (χ2v) is 11.6. The number of imidazole rings is 1. The van der Waals surface area contributed by atoms with E-state index in [1.54, 1.807) is 17.8 Å². The van der Waals surface area contributed by atoms with Gasteiger partial charge in [-0.25, -0.2) is 9.97 Å². The van der Waals surface area contributed by atoms with Gasteiger partial charge in [0.2, 0.25) is 0 Å². The molecule has 1 N–H and O–H groups in total. The van der Waals surface area contributed by atoms with E-state index in [-0.39, 0.29) is 16.9 Å². The number of nitrogens with zero attached hydrogens (tertiary/aromatic N) is 6. The Kier molecular flexibility index (Phi) is 5.78. The third-order valence-electron chi connectivity index (χ3n) is 8.13. The van der Waals surface area contributed by atoms with Gasteiger partial charge in [-0.15, -0.1) is 0 Å². The molecule has 4 aromatic heterocycles. The topological polar surface area (TPSA) is 90.0 Å². The molecule has 0 spiro atoms. The van der Waals surface area contributed by atoms with Crippen LogP contribution in [-0.2, 0) is 39.9 Å². The van der Waals surface area contributed by atoms with Crippen LogP contribution in [0.4, 0.5) is 17.3 Å². The van der Waals surface area contributed by atoms with Gasteiger partial charge in [0.1, 0.15) is 28.8 Å². The Balaban J connectivity index is 1.38. The number of carbonyl (C=O) groups excluding carboxylic acids is 1. The van der Waals surface area contributed by atoms with E-state index in [0.29, 0.717) is 30.3 Å². The first-order valence-electron chi connectivity index (χ1n) is 13.6. The van der Waals surface area contributed by atoms with E-state index in [0.717, 1.165) is 47.6 Å². The Bertz CT molecular complexity index is 1670. The van der Waals surface area contributed by atoms with Crippen molar-refractivity contribution in [1.29, 1.82) is 0 Å². The van der Waals surface area contributed by atoms with Crippen LogP contribution in [0.25, 0.3) is 11.1 Å². The summed E-state index contributed by atoms with van der Waals surface area (Å²) in [6.07, 6.45) is 8.16. The number of hydrogen-bond acceptors (Lipinski definition) is 5. The minimum absolute atomic E-state index is 0.00106. The van der Waals surface area contributed by atoms with Gasteiger partial charge in [-0.3, -0.25) is 14.5 Å². The lowest BCUT2D eigenvalue weighted by Gasteiger charge is -2.31. The Morgan fingerprint density at radius 2 is 1.85 bits per heavy atom. The third-order valence-corrected chi connectivity index (χ3v) is 8.13. The zero-order valence-corrected chi connectivity index (χ0v) is 23.5. The monoisotopic (exact) mass is 525 g/mol. The number of anilines is 3. The molecule has 5 heterocycles. The highest BCUT2D eigenvalue weighted by Crippen LogP contribution is 2.40. The maximum atomic E-state index is 13.8. The van der Waals surface area contributed by atoms with Gasteiger partial charge in [-0.2, -0.15) is 0 Å². The summed E-state index contributed by atoms with van der Waals surface area (Å²) in [5.74, 6) is 2.16. The van der Waals surface area contributed by atoms with Crippen LogP contribution < -0.4 is 15.8 Å². The van der Waals surface area contributed by atoms with Crippen molar-refractivity contribution in [3.05, 3.63) is 75.5 Å². The summed E-state index contributed by atoms with van der Waals surface area (Å²) >= 11 is 0. The quantitative estimate of drug-likeness (QED) is 0.418. The van der Waals surface area contributed by atoms with E-state index >= 15 is 0 Å². The molecule has 0 saturated heterocycles. The number of hydrogen-bond donors (Lipinski definition) is 1. The lowest BCUT2D eigenvalue weighted by atomic mass is 9.90. The van der Waals surface area contributed by atoms with Gasteiger partial charge < -0.3 is 19.0 Å². The molecule has 9 heteroatoms. The van der Waals surface area contributed by atoms with Gasteiger partial charge in [0.25, 0.3) is 11.5 Å². The number of nitrogens with one attached hydrogen (secondary N) is 1. The summed E-state index contributed by atoms with van der Waals surface area (Å²) in [5, 5.41) is 3.19. The van der Waals surface area contributed by atoms with Crippen LogP contribution in [0.2, 0.25) is 0 Å².